The van der Waals surface area contributed by atoms with E-state index >= 15 is 0 Å². The summed E-state index contributed by atoms with van der Waals surface area (Å²) in [5, 5.41) is 5.48. The van der Waals surface area contributed by atoms with Crippen LogP contribution in [0.5, 0.6) is 11.5 Å². The lowest BCUT2D eigenvalue weighted by atomic mass is 10.1. The van der Waals surface area contributed by atoms with Gasteiger partial charge in [-0.15, -0.1) is 11.3 Å². The van der Waals surface area contributed by atoms with Gasteiger partial charge in [0.15, 0.2) is 6.29 Å². The number of thiophene rings is 1. The van der Waals surface area contributed by atoms with Gasteiger partial charge in [-0.2, -0.15) is 0 Å². The van der Waals surface area contributed by atoms with E-state index in [0.717, 1.165) is 21.7 Å². The standard InChI is InChI=1S/C22H15FN2O3S/c1-13-2-5-20(24-11-13)25-22(27)16-8-14-6-7-29-21(14)19(9-16)28-17-4-3-15(12-26)18(23)10-17/h2-12H,1H3,(H,24,25,27). The van der Waals surface area contributed by atoms with Gasteiger partial charge in [0.2, 0.25) is 0 Å². The van der Waals surface area contributed by atoms with Gasteiger partial charge in [0.25, 0.3) is 5.91 Å². The summed E-state index contributed by atoms with van der Waals surface area (Å²) < 4.78 is 20.6. The topological polar surface area (TPSA) is 68.3 Å². The van der Waals surface area contributed by atoms with Crippen LogP contribution in [0.2, 0.25) is 0 Å². The number of fused-ring (bicyclic) bond motifs is 1. The molecule has 0 bridgehead atoms. The Morgan fingerprint density at radius 1 is 1.17 bits per heavy atom. The first-order valence-corrected chi connectivity index (χ1v) is 9.59. The molecule has 144 valence electrons. The maximum atomic E-state index is 13.9. The summed E-state index contributed by atoms with van der Waals surface area (Å²) in [5.74, 6) is 0.111. The number of aromatic nitrogens is 1. The predicted molar refractivity (Wildman–Crippen MR) is 111 cm³/mol. The number of amides is 1. The van der Waals surface area contributed by atoms with E-state index in [1.54, 1.807) is 24.4 Å². The Labute approximate surface area is 169 Å². The van der Waals surface area contributed by atoms with Crippen LogP contribution in [0.25, 0.3) is 10.1 Å². The summed E-state index contributed by atoms with van der Waals surface area (Å²) in [4.78, 5) is 27.7. The van der Waals surface area contributed by atoms with E-state index in [4.69, 9.17) is 4.74 Å². The van der Waals surface area contributed by atoms with E-state index in [9.17, 15) is 14.0 Å². The highest BCUT2D eigenvalue weighted by atomic mass is 32.1. The number of carbonyl (C=O) groups is 2. The molecule has 5 nitrogen and oxygen atoms in total. The fourth-order valence-corrected chi connectivity index (χ4v) is 3.61. The number of halogens is 1. The van der Waals surface area contributed by atoms with Crippen molar-refractivity contribution in [3.05, 3.63) is 82.6 Å². The number of anilines is 1. The van der Waals surface area contributed by atoms with Crippen LogP contribution >= 0.6 is 11.3 Å². The van der Waals surface area contributed by atoms with Crippen LogP contribution in [0.15, 0.2) is 60.1 Å². The normalized spacial score (nSPS) is 10.7. The smallest absolute Gasteiger partial charge is 0.256 e. The van der Waals surface area contributed by atoms with Crippen molar-refractivity contribution in [3.8, 4) is 11.5 Å². The summed E-state index contributed by atoms with van der Waals surface area (Å²) in [7, 11) is 0. The quantitative estimate of drug-likeness (QED) is 0.438. The molecule has 1 amide bonds. The zero-order chi connectivity index (χ0) is 20.4. The van der Waals surface area contributed by atoms with E-state index in [-0.39, 0.29) is 17.2 Å². The molecule has 4 rings (SSSR count). The van der Waals surface area contributed by atoms with Crippen LogP contribution in [0.4, 0.5) is 10.2 Å². The molecule has 0 fully saturated rings. The molecule has 0 aliphatic rings. The molecule has 7 heteroatoms. The average Bonchev–Trinajstić information content (AvgIpc) is 3.19. The number of carbonyl (C=O) groups excluding carboxylic acids is 2. The minimum Gasteiger partial charge on any atom is -0.456 e. The Morgan fingerprint density at radius 3 is 2.76 bits per heavy atom. The fraction of sp³-hybridized carbons (Fsp3) is 0.0455. The third-order valence-corrected chi connectivity index (χ3v) is 5.20. The Bertz CT molecular complexity index is 1220. The van der Waals surface area contributed by atoms with Crippen LogP contribution in [0.1, 0.15) is 26.3 Å². The number of pyridine rings is 1. The lowest BCUT2D eigenvalue weighted by Crippen LogP contribution is -2.13. The second-order valence-electron chi connectivity index (χ2n) is 6.39. The van der Waals surface area contributed by atoms with Crippen molar-refractivity contribution in [3.63, 3.8) is 0 Å². The van der Waals surface area contributed by atoms with Gasteiger partial charge < -0.3 is 10.1 Å². The number of nitrogens with zero attached hydrogens (tertiary/aromatic N) is 1. The Hall–Kier alpha value is -3.58. The van der Waals surface area contributed by atoms with Gasteiger partial charge in [0.05, 0.1) is 10.3 Å². The maximum Gasteiger partial charge on any atom is 0.256 e. The minimum atomic E-state index is -0.667. The molecule has 1 N–H and O–H groups in total. The van der Waals surface area contributed by atoms with E-state index in [0.29, 0.717) is 23.4 Å². The molecular weight excluding hydrogens is 391 g/mol. The van der Waals surface area contributed by atoms with Gasteiger partial charge in [-0.05, 0) is 59.7 Å². The molecule has 29 heavy (non-hydrogen) atoms. The Morgan fingerprint density at radius 2 is 2.03 bits per heavy atom. The number of aldehydes is 1. The van der Waals surface area contributed by atoms with Crippen molar-refractivity contribution >= 4 is 39.4 Å². The SMILES string of the molecule is Cc1ccc(NC(=O)c2cc(Oc3ccc(C=O)c(F)c3)c3sccc3c2)nc1. The number of aryl methyl sites for hydroxylation is 1. The number of hydrogen-bond acceptors (Lipinski definition) is 5. The van der Waals surface area contributed by atoms with E-state index in [1.165, 1.54) is 23.5 Å². The highest BCUT2D eigenvalue weighted by Crippen LogP contribution is 2.35. The summed E-state index contributed by atoms with van der Waals surface area (Å²) in [6, 6.07) is 12.8. The van der Waals surface area contributed by atoms with Gasteiger partial charge in [-0.3, -0.25) is 9.59 Å². The molecule has 0 spiro atoms. The number of benzene rings is 2. The number of nitrogens with one attached hydrogen (secondary N) is 1. The summed E-state index contributed by atoms with van der Waals surface area (Å²) in [5.41, 5.74) is 1.34. The predicted octanol–water partition coefficient (Wildman–Crippen LogP) is 5.60. The molecule has 2 heterocycles. The Kier molecular flexibility index (Phi) is 5.05. The van der Waals surface area contributed by atoms with Crippen molar-refractivity contribution in [1.82, 2.24) is 4.98 Å². The lowest BCUT2D eigenvalue weighted by Gasteiger charge is -2.10. The minimum absolute atomic E-state index is 0.0441. The van der Waals surface area contributed by atoms with Crippen molar-refractivity contribution in [1.29, 1.82) is 0 Å². The first-order valence-electron chi connectivity index (χ1n) is 8.71. The van der Waals surface area contributed by atoms with Crippen LogP contribution < -0.4 is 10.1 Å². The molecule has 0 unspecified atom stereocenters. The van der Waals surface area contributed by atoms with E-state index < -0.39 is 5.82 Å². The molecule has 4 aromatic rings. The largest absolute Gasteiger partial charge is 0.456 e. The molecule has 0 aliphatic heterocycles. The van der Waals surface area contributed by atoms with Gasteiger partial charge in [-0.1, -0.05) is 6.07 Å². The number of ether oxygens (including phenoxy) is 1. The zero-order valence-electron chi connectivity index (χ0n) is 15.3. The molecule has 2 aromatic carbocycles. The second-order valence-corrected chi connectivity index (χ2v) is 7.31. The molecular formula is C22H15FN2O3S. The highest BCUT2D eigenvalue weighted by Gasteiger charge is 2.14. The van der Waals surface area contributed by atoms with Gasteiger partial charge in [0, 0.05) is 17.8 Å². The zero-order valence-corrected chi connectivity index (χ0v) is 16.1. The van der Waals surface area contributed by atoms with Crippen molar-refractivity contribution in [2.45, 2.75) is 6.92 Å². The summed E-state index contributed by atoms with van der Waals surface area (Å²) in [6.45, 7) is 1.91. The number of hydrogen-bond donors (Lipinski definition) is 1. The van der Waals surface area contributed by atoms with E-state index in [2.05, 4.69) is 10.3 Å². The van der Waals surface area contributed by atoms with Crippen molar-refractivity contribution in [2.75, 3.05) is 5.32 Å². The Balaban J connectivity index is 1.66. The van der Waals surface area contributed by atoms with Crippen molar-refractivity contribution < 1.29 is 18.7 Å². The van der Waals surface area contributed by atoms with Crippen LogP contribution in [-0.4, -0.2) is 17.2 Å². The number of rotatable bonds is 5. The summed E-state index contributed by atoms with van der Waals surface area (Å²) in [6.07, 6.45) is 2.12. The lowest BCUT2D eigenvalue weighted by molar-refractivity contribution is 0.102. The van der Waals surface area contributed by atoms with Crippen LogP contribution in [-0.2, 0) is 0 Å². The van der Waals surface area contributed by atoms with Gasteiger partial charge in [0.1, 0.15) is 23.1 Å². The fourth-order valence-electron chi connectivity index (χ4n) is 2.78. The third-order valence-electron chi connectivity index (χ3n) is 4.26. The maximum absolute atomic E-state index is 13.9. The highest BCUT2D eigenvalue weighted by molar-refractivity contribution is 7.17. The average molecular weight is 406 g/mol. The summed E-state index contributed by atoms with van der Waals surface area (Å²) >= 11 is 1.45. The molecule has 0 radical (unpaired) electrons. The van der Waals surface area contributed by atoms with Crippen LogP contribution in [0.3, 0.4) is 0 Å². The molecule has 2 aromatic heterocycles. The van der Waals surface area contributed by atoms with Crippen molar-refractivity contribution in [2.24, 2.45) is 0 Å². The van der Waals surface area contributed by atoms with Gasteiger partial charge >= 0.3 is 0 Å². The monoisotopic (exact) mass is 406 g/mol. The van der Waals surface area contributed by atoms with Gasteiger partial charge in [-0.25, -0.2) is 9.37 Å². The molecule has 0 saturated carbocycles. The second kappa shape index (κ2) is 7.81. The molecule has 0 atom stereocenters. The molecule has 0 aliphatic carbocycles. The van der Waals surface area contributed by atoms with Crippen LogP contribution in [0, 0.1) is 12.7 Å². The first kappa shape index (κ1) is 18.8. The van der Waals surface area contributed by atoms with E-state index in [1.807, 2.05) is 24.4 Å². The third kappa shape index (κ3) is 4.00. The first-order chi connectivity index (χ1) is 14.0. The molecule has 0 saturated heterocycles.